The first-order chi connectivity index (χ1) is 17.5. The topological polar surface area (TPSA) is 84.0 Å². The van der Waals surface area contributed by atoms with E-state index in [2.05, 4.69) is 23.2 Å². The van der Waals surface area contributed by atoms with Crippen LogP contribution in [0.4, 0.5) is 5.82 Å². The average molecular weight is 493 g/mol. The Kier molecular flexibility index (Phi) is 7.53. The van der Waals surface area contributed by atoms with Gasteiger partial charge in [0.1, 0.15) is 5.82 Å². The van der Waals surface area contributed by atoms with E-state index in [0.717, 1.165) is 24.5 Å². The van der Waals surface area contributed by atoms with Gasteiger partial charge in [-0.3, -0.25) is 9.59 Å². The number of nitrogens with one attached hydrogen (secondary N) is 1. The van der Waals surface area contributed by atoms with Gasteiger partial charge in [0.15, 0.2) is 0 Å². The average Bonchev–Trinajstić information content (AvgIpc) is 3.69. The van der Waals surface area contributed by atoms with Gasteiger partial charge in [-0.05, 0) is 54.5 Å². The minimum absolute atomic E-state index is 0.0135. The summed E-state index contributed by atoms with van der Waals surface area (Å²) in [4.78, 5) is 34.6. The molecule has 5 rings (SSSR count). The Hall–Kier alpha value is -2.97. The molecule has 1 aromatic carbocycles. The minimum Gasteiger partial charge on any atom is -0.382 e. The molecule has 2 atom stereocenters. The number of amides is 2. The van der Waals surface area contributed by atoms with Crippen molar-refractivity contribution in [2.24, 2.45) is 5.92 Å². The van der Waals surface area contributed by atoms with E-state index < -0.39 is 0 Å². The Morgan fingerprint density at radius 3 is 2.50 bits per heavy atom. The van der Waals surface area contributed by atoms with Gasteiger partial charge in [0, 0.05) is 57.5 Å². The van der Waals surface area contributed by atoms with E-state index in [1.54, 1.807) is 7.11 Å². The third kappa shape index (κ3) is 5.39. The van der Waals surface area contributed by atoms with Crippen molar-refractivity contribution in [3.05, 3.63) is 58.8 Å². The molecule has 1 N–H and O–H groups in total. The number of rotatable bonds is 9. The van der Waals surface area contributed by atoms with Gasteiger partial charge in [0.25, 0.3) is 5.91 Å². The maximum Gasteiger partial charge on any atom is 0.253 e. The van der Waals surface area contributed by atoms with E-state index in [0.29, 0.717) is 50.9 Å². The van der Waals surface area contributed by atoms with Crippen molar-refractivity contribution in [1.82, 2.24) is 15.2 Å². The Morgan fingerprint density at radius 1 is 1.08 bits per heavy atom. The molecule has 8 heteroatoms. The molecular weight excluding hydrogens is 456 g/mol. The van der Waals surface area contributed by atoms with Crippen LogP contribution in [0.25, 0.3) is 0 Å². The highest BCUT2D eigenvalue weighted by Crippen LogP contribution is 2.40. The summed E-state index contributed by atoms with van der Waals surface area (Å²) in [7, 11) is 1.64. The molecule has 3 heterocycles. The lowest BCUT2D eigenvalue weighted by Gasteiger charge is -2.36. The molecule has 1 saturated carbocycles. The fourth-order valence-corrected chi connectivity index (χ4v) is 5.33. The number of methoxy groups -OCH3 is 1. The third-order valence-electron chi connectivity index (χ3n) is 7.56. The monoisotopic (exact) mass is 492 g/mol. The molecule has 2 saturated heterocycles. The zero-order valence-electron chi connectivity index (χ0n) is 21.2. The number of piperazine rings is 1. The second-order valence-corrected chi connectivity index (χ2v) is 10.1. The molecule has 8 nitrogen and oxygen atoms in total. The summed E-state index contributed by atoms with van der Waals surface area (Å²) in [5, 5.41) is 2.95. The van der Waals surface area contributed by atoms with Crippen molar-refractivity contribution in [3.63, 3.8) is 0 Å². The van der Waals surface area contributed by atoms with E-state index in [9.17, 15) is 9.59 Å². The number of carbonyl (C=O) groups excluding carboxylic acids is 2. The highest BCUT2D eigenvalue weighted by Gasteiger charge is 2.36. The lowest BCUT2D eigenvalue weighted by molar-refractivity contribution is -0.120. The lowest BCUT2D eigenvalue weighted by Crippen LogP contribution is -2.49. The van der Waals surface area contributed by atoms with Gasteiger partial charge in [-0.1, -0.05) is 18.2 Å². The van der Waals surface area contributed by atoms with Crippen LogP contribution in [0, 0.1) is 12.8 Å². The first-order valence-corrected chi connectivity index (χ1v) is 13.0. The molecule has 2 amide bonds. The predicted octanol–water partition coefficient (Wildman–Crippen LogP) is 2.72. The van der Waals surface area contributed by atoms with Crippen molar-refractivity contribution in [2.45, 2.75) is 31.6 Å². The second-order valence-electron chi connectivity index (χ2n) is 10.1. The second kappa shape index (κ2) is 11.0. The maximum absolute atomic E-state index is 13.2. The molecule has 1 aromatic heterocycles. The van der Waals surface area contributed by atoms with Gasteiger partial charge < -0.3 is 24.6 Å². The van der Waals surface area contributed by atoms with Crippen LogP contribution in [0.5, 0.6) is 0 Å². The van der Waals surface area contributed by atoms with Gasteiger partial charge in [-0.15, -0.1) is 0 Å². The number of carbonyl (C=O) groups is 2. The number of pyridine rings is 1. The summed E-state index contributed by atoms with van der Waals surface area (Å²) in [5.74, 6) is 1.59. The molecule has 0 radical (unpaired) electrons. The van der Waals surface area contributed by atoms with Crippen LogP contribution in [0.1, 0.15) is 51.7 Å². The van der Waals surface area contributed by atoms with Crippen LogP contribution >= 0.6 is 0 Å². The highest BCUT2D eigenvalue weighted by molar-refractivity contribution is 5.94. The Labute approximate surface area is 213 Å². The number of nitrogens with zero attached hydrogens (tertiary/aromatic N) is 3. The van der Waals surface area contributed by atoms with Gasteiger partial charge in [-0.25, -0.2) is 4.98 Å². The smallest absolute Gasteiger partial charge is 0.253 e. The van der Waals surface area contributed by atoms with Gasteiger partial charge in [0.2, 0.25) is 5.91 Å². The van der Waals surface area contributed by atoms with Crippen molar-refractivity contribution >= 4 is 17.6 Å². The third-order valence-corrected chi connectivity index (χ3v) is 7.56. The Bertz CT molecular complexity index is 1080. The maximum atomic E-state index is 13.2. The van der Waals surface area contributed by atoms with E-state index in [1.807, 2.05) is 35.4 Å². The van der Waals surface area contributed by atoms with Crippen LogP contribution in [0.2, 0.25) is 0 Å². The van der Waals surface area contributed by atoms with Crippen molar-refractivity contribution < 1.29 is 19.1 Å². The van der Waals surface area contributed by atoms with E-state index in [1.165, 1.54) is 24.0 Å². The molecule has 3 aliphatic rings. The van der Waals surface area contributed by atoms with Crippen LogP contribution in [0.15, 0.2) is 36.5 Å². The van der Waals surface area contributed by atoms with Crippen molar-refractivity contribution in [3.8, 4) is 0 Å². The minimum atomic E-state index is -0.262. The van der Waals surface area contributed by atoms with Crippen LogP contribution in [-0.4, -0.2) is 81.4 Å². The van der Waals surface area contributed by atoms with Gasteiger partial charge in [-0.2, -0.15) is 0 Å². The summed E-state index contributed by atoms with van der Waals surface area (Å²) in [6, 6.07) is 9.80. The number of anilines is 1. The number of hydrogen-bond acceptors (Lipinski definition) is 6. The van der Waals surface area contributed by atoms with Crippen LogP contribution < -0.4 is 10.2 Å². The quantitative estimate of drug-likeness (QED) is 0.542. The van der Waals surface area contributed by atoms with Crippen molar-refractivity contribution in [1.29, 1.82) is 0 Å². The zero-order valence-corrected chi connectivity index (χ0v) is 21.2. The molecule has 0 spiro atoms. The molecule has 3 fully saturated rings. The summed E-state index contributed by atoms with van der Waals surface area (Å²) < 4.78 is 10.7. The molecule has 36 heavy (non-hydrogen) atoms. The molecule has 2 aromatic rings. The number of ether oxygens (including phenoxy) is 2. The summed E-state index contributed by atoms with van der Waals surface area (Å²) in [6.07, 6.45) is 4.58. The number of hydrogen-bond donors (Lipinski definition) is 1. The standard InChI is InChI=1S/C28H36N4O4/c1-19-15-23(20-3-4-20)16-29-26(19)31-9-11-32(12-10-31)28(34)22-7-5-21(6-8-22)25-24(17-30-27(25)33)18-36-14-13-35-2/h5-8,15-16,20,24-25H,3-4,9-14,17-18H2,1-2H3,(H,30,33)/t24?,25-/m0/s1. The summed E-state index contributed by atoms with van der Waals surface area (Å²) >= 11 is 0. The van der Waals surface area contributed by atoms with Crippen molar-refractivity contribution in [2.75, 3.05) is 64.6 Å². The predicted molar refractivity (Wildman–Crippen MR) is 137 cm³/mol. The van der Waals surface area contributed by atoms with E-state index in [4.69, 9.17) is 14.5 Å². The Morgan fingerprint density at radius 2 is 1.83 bits per heavy atom. The van der Waals surface area contributed by atoms with Gasteiger partial charge in [0.05, 0.1) is 25.7 Å². The lowest BCUT2D eigenvalue weighted by atomic mass is 9.88. The molecule has 2 aliphatic heterocycles. The van der Waals surface area contributed by atoms with E-state index in [-0.39, 0.29) is 23.7 Å². The number of benzene rings is 1. The molecular formula is C28H36N4O4. The Balaban J connectivity index is 1.17. The van der Waals surface area contributed by atoms with Gasteiger partial charge >= 0.3 is 0 Å². The normalized spacial score (nSPS) is 22.1. The first kappa shape index (κ1) is 24.7. The fourth-order valence-electron chi connectivity index (χ4n) is 5.33. The summed E-state index contributed by atoms with van der Waals surface area (Å²) in [6.45, 7) is 7.14. The fraction of sp³-hybridized carbons (Fsp3) is 0.536. The summed E-state index contributed by atoms with van der Waals surface area (Å²) in [5.41, 5.74) is 4.14. The van der Waals surface area contributed by atoms with E-state index >= 15 is 0 Å². The number of aryl methyl sites for hydroxylation is 1. The SMILES string of the molecule is COCCOCC1CNC(=O)[C@H]1c1ccc(C(=O)N2CCN(c3ncc(C4CC4)cc3C)CC2)cc1. The zero-order chi connectivity index (χ0) is 25.1. The largest absolute Gasteiger partial charge is 0.382 e. The molecule has 1 unspecified atom stereocenters. The van der Waals surface area contributed by atoms with Crippen LogP contribution in [-0.2, 0) is 14.3 Å². The first-order valence-electron chi connectivity index (χ1n) is 13.0. The highest BCUT2D eigenvalue weighted by atomic mass is 16.5. The molecule has 1 aliphatic carbocycles. The molecule has 192 valence electrons. The number of aromatic nitrogens is 1. The molecule has 0 bridgehead atoms. The van der Waals surface area contributed by atoms with Crippen LogP contribution in [0.3, 0.4) is 0 Å².